The van der Waals surface area contributed by atoms with E-state index >= 15 is 0 Å². The van der Waals surface area contributed by atoms with Crippen LogP contribution in [0.15, 0.2) is 72.8 Å². The highest BCUT2D eigenvalue weighted by Gasteiger charge is 2.19. The van der Waals surface area contributed by atoms with Crippen LogP contribution in [0.5, 0.6) is 23.0 Å². The Hall–Kier alpha value is -4.48. The molecule has 0 spiro atoms. The second kappa shape index (κ2) is 14.7. The first-order valence-corrected chi connectivity index (χ1v) is 15.6. The first-order chi connectivity index (χ1) is 22.8. The standard InChI is InChI=1S/C36H36N2O8/c1-3-29-33-27-11-9-25-7-8-26-10-12-28(38-36(26)35(25)37-27)34-31(45-23-19-41-15-13-39-17-21-43-29)5-2-6-32(34)46-24-20-42-16-14-40-18-22-44-30(33)4-1/h1-12H,13-24H2. The molecule has 10 nitrogen and oxygen atoms in total. The van der Waals surface area contributed by atoms with Gasteiger partial charge in [-0.1, -0.05) is 36.4 Å². The average Bonchev–Trinajstić information content (AvgIpc) is 3.08. The van der Waals surface area contributed by atoms with Crippen LogP contribution >= 0.6 is 0 Å². The lowest BCUT2D eigenvalue weighted by Crippen LogP contribution is -2.15. The fourth-order valence-electron chi connectivity index (χ4n) is 5.54. The molecule has 7 rings (SSSR count). The Labute approximate surface area is 267 Å². The van der Waals surface area contributed by atoms with Crippen molar-refractivity contribution in [2.24, 2.45) is 0 Å². The van der Waals surface area contributed by atoms with E-state index in [1.165, 1.54) is 0 Å². The van der Waals surface area contributed by atoms with Gasteiger partial charge in [0.25, 0.3) is 0 Å². The van der Waals surface area contributed by atoms with E-state index in [4.69, 9.17) is 47.9 Å². The van der Waals surface area contributed by atoms with Crippen molar-refractivity contribution in [2.45, 2.75) is 0 Å². The van der Waals surface area contributed by atoms with E-state index in [-0.39, 0.29) is 0 Å². The van der Waals surface area contributed by atoms with Gasteiger partial charge in [0.2, 0.25) is 0 Å². The van der Waals surface area contributed by atoms with Crippen LogP contribution < -0.4 is 18.9 Å². The van der Waals surface area contributed by atoms with Gasteiger partial charge in [0, 0.05) is 10.8 Å². The number of pyridine rings is 2. The molecular formula is C36H36N2O8. The molecular weight excluding hydrogens is 588 g/mol. The Morgan fingerprint density at radius 2 is 0.652 bits per heavy atom. The summed E-state index contributed by atoms with van der Waals surface area (Å²) in [6, 6.07) is 23.7. The summed E-state index contributed by atoms with van der Waals surface area (Å²) < 4.78 is 48.1. The Balaban J connectivity index is 1.42. The van der Waals surface area contributed by atoms with Crippen LogP contribution in [0.1, 0.15) is 0 Å². The van der Waals surface area contributed by atoms with Gasteiger partial charge in [0.15, 0.2) is 0 Å². The molecule has 10 heteroatoms. The molecule has 6 bridgehead atoms. The van der Waals surface area contributed by atoms with Gasteiger partial charge in [-0.3, -0.25) is 0 Å². The normalized spacial score (nSPS) is 16.9. The molecule has 0 amide bonds. The van der Waals surface area contributed by atoms with Crippen molar-refractivity contribution in [3.63, 3.8) is 0 Å². The summed E-state index contributed by atoms with van der Waals surface area (Å²) in [7, 11) is 0. The molecule has 0 saturated heterocycles. The average molecular weight is 625 g/mol. The summed E-state index contributed by atoms with van der Waals surface area (Å²) in [6.45, 7) is 4.77. The maximum atomic E-state index is 6.25. The highest BCUT2D eigenvalue weighted by atomic mass is 16.6. The van der Waals surface area contributed by atoms with E-state index in [1.807, 2.05) is 48.5 Å². The smallest absolute Gasteiger partial charge is 0.132 e. The molecule has 0 saturated carbocycles. The number of nitrogens with zero attached hydrogens (tertiary/aromatic N) is 2. The zero-order valence-corrected chi connectivity index (χ0v) is 25.6. The zero-order valence-electron chi connectivity index (χ0n) is 25.6. The Bertz CT molecular complexity index is 1610. The van der Waals surface area contributed by atoms with Crippen molar-refractivity contribution < 1.29 is 37.9 Å². The molecule has 0 fully saturated rings. The van der Waals surface area contributed by atoms with Gasteiger partial charge in [-0.15, -0.1) is 0 Å². The molecule has 2 aliphatic heterocycles. The fourth-order valence-corrected chi connectivity index (χ4v) is 5.54. The maximum Gasteiger partial charge on any atom is 0.132 e. The van der Waals surface area contributed by atoms with Crippen molar-refractivity contribution >= 4 is 21.8 Å². The summed E-state index contributed by atoms with van der Waals surface area (Å²) in [5.41, 5.74) is 4.44. The minimum Gasteiger partial charge on any atom is -0.490 e. The first-order valence-electron chi connectivity index (χ1n) is 15.6. The third-order valence-electron chi connectivity index (χ3n) is 7.69. The topological polar surface area (TPSA) is 99.6 Å². The van der Waals surface area contributed by atoms with Crippen molar-refractivity contribution in [1.29, 1.82) is 0 Å². The van der Waals surface area contributed by atoms with Crippen LogP contribution in [0.3, 0.4) is 0 Å². The molecule has 0 unspecified atom stereocenters. The molecule has 5 aromatic rings. The highest BCUT2D eigenvalue weighted by Crippen LogP contribution is 2.41. The number of rotatable bonds is 0. The summed E-state index contributed by atoms with van der Waals surface area (Å²) >= 11 is 0. The van der Waals surface area contributed by atoms with Crippen molar-refractivity contribution in [2.75, 3.05) is 79.3 Å². The molecule has 0 aliphatic carbocycles. The van der Waals surface area contributed by atoms with Gasteiger partial charge in [0.05, 0.1) is 86.4 Å². The Morgan fingerprint density at radius 1 is 0.348 bits per heavy atom. The molecule has 0 radical (unpaired) electrons. The summed E-state index contributed by atoms with van der Waals surface area (Å²) in [6.07, 6.45) is 0. The van der Waals surface area contributed by atoms with Gasteiger partial charge in [-0.2, -0.15) is 0 Å². The molecule has 46 heavy (non-hydrogen) atoms. The summed E-state index contributed by atoms with van der Waals surface area (Å²) in [5.74, 6) is 2.60. The van der Waals surface area contributed by atoms with E-state index in [2.05, 4.69) is 24.3 Å². The number of aromatic nitrogens is 2. The number of benzene rings is 3. The maximum absolute atomic E-state index is 6.25. The van der Waals surface area contributed by atoms with Crippen LogP contribution in [-0.4, -0.2) is 89.3 Å². The Kier molecular flexibility index (Phi) is 9.67. The van der Waals surface area contributed by atoms with Crippen LogP contribution in [0.4, 0.5) is 0 Å². The fraction of sp³-hybridized carbons (Fsp3) is 0.333. The SMILES string of the molecule is c1cc2c3c(c1)OCCOCCOCCOc1cccc(c1-c1ccc4ccc5ccc-3nc5c4n1)OCCOCCOCCO2. The number of hydrogen-bond acceptors (Lipinski definition) is 10. The Morgan fingerprint density at radius 3 is 1.00 bits per heavy atom. The molecule has 0 atom stereocenters. The van der Waals surface area contributed by atoms with Gasteiger partial charge < -0.3 is 37.9 Å². The molecule has 3 aromatic carbocycles. The van der Waals surface area contributed by atoms with Crippen LogP contribution in [-0.2, 0) is 18.9 Å². The highest BCUT2D eigenvalue weighted by molar-refractivity contribution is 6.04. The van der Waals surface area contributed by atoms with Gasteiger partial charge in [-0.05, 0) is 36.4 Å². The zero-order chi connectivity index (χ0) is 31.0. The number of hydrogen-bond donors (Lipinski definition) is 0. The third kappa shape index (κ3) is 6.85. The first kappa shape index (κ1) is 30.2. The molecule has 238 valence electrons. The lowest BCUT2D eigenvalue weighted by atomic mass is 10.0. The summed E-state index contributed by atoms with van der Waals surface area (Å²) in [5, 5.41) is 1.92. The monoisotopic (exact) mass is 624 g/mol. The molecule has 2 aromatic heterocycles. The molecule has 4 heterocycles. The van der Waals surface area contributed by atoms with E-state index in [1.54, 1.807) is 0 Å². The van der Waals surface area contributed by atoms with Crippen molar-refractivity contribution in [3.8, 4) is 45.5 Å². The van der Waals surface area contributed by atoms with Crippen LogP contribution in [0.25, 0.3) is 44.3 Å². The quantitative estimate of drug-likeness (QED) is 0.199. The minimum absolute atomic E-state index is 0.352. The van der Waals surface area contributed by atoms with Gasteiger partial charge in [0.1, 0.15) is 49.4 Å². The second-order valence-corrected chi connectivity index (χ2v) is 10.7. The van der Waals surface area contributed by atoms with Crippen LogP contribution in [0.2, 0.25) is 0 Å². The molecule has 2 aliphatic rings. The van der Waals surface area contributed by atoms with Gasteiger partial charge in [-0.25, -0.2) is 9.97 Å². The van der Waals surface area contributed by atoms with E-state index in [9.17, 15) is 0 Å². The van der Waals surface area contributed by atoms with Gasteiger partial charge >= 0.3 is 0 Å². The largest absolute Gasteiger partial charge is 0.490 e. The second-order valence-electron chi connectivity index (χ2n) is 10.7. The van der Waals surface area contributed by atoms with E-state index in [0.29, 0.717) is 114 Å². The predicted molar refractivity (Wildman–Crippen MR) is 173 cm³/mol. The van der Waals surface area contributed by atoms with Crippen molar-refractivity contribution in [3.05, 3.63) is 72.8 Å². The van der Waals surface area contributed by atoms with E-state index < -0.39 is 0 Å². The minimum atomic E-state index is 0.352. The van der Waals surface area contributed by atoms with Crippen molar-refractivity contribution in [1.82, 2.24) is 9.97 Å². The van der Waals surface area contributed by atoms with E-state index in [0.717, 1.165) is 32.9 Å². The lowest BCUT2D eigenvalue weighted by molar-refractivity contribution is 0.0262. The third-order valence-corrected chi connectivity index (χ3v) is 7.69. The summed E-state index contributed by atoms with van der Waals surface area (Å²) in [4.78, 5) is 10.4. The lowest BCUT2D eigenvalue weighted by Gasteiger charge is -2.18. The predicted octanol–water partition coefficient (Wildman–Crippen LogP) is 5.73. The number of ether oxygens (including phenoxy) is 8. The van der Waals surface area contributed by atoms with Crippen LogP contribution in [0, 0.1) is 0 Å². The molecule has 0 N–H and O–H groups in total.